The maximum atomic E-state index is 12.4. The number of carbonyl (C=O) groups excluding carboxylic acids is 2. The van der Waals surface area contributed by atoms with E-state index in [2.05, 4.69) is 0 Å². The second kappa shape index (κ2) is 9.10. The molecular weight excluding hydrogens is 368 g/mol. The zero-order valence-electron chi connectivity index (χ0n) is 14.4. The van der Waals surface area contributed by atoms with Crippen molar-refractivity contribution in [2.75, 3.05) is 31.9 Å². The van der Waals surface area contributed by atoms with Gasteiger partial charge in [-0.25, -0.2) is 0 Å². The lowest BCUT2D eigenvalue weighted by Gasteiger charge is -2.35. The van der Waals surface area contributed by atoms with Gasteiger partial charge >= 0.3 is 0 Å². The number of rotatable bonds is 5. The van der Waals surface area contributed by atoms with E-state index in [1.54, 1.807) is 11.8 Å². The largest absolute Gasteiger partial charge is 0.339 e. The third-order valence-corrected chi connectivity index (χ3v) is 5.87. The van der Waals surface area contributed by atoms with Gasteiger partial charge < -0.3 is 9.80 Å². The molecule has 2 aromatic rings. The fourth-order valence-electron chi connectivity index (χ4n) is 2.89. The van der Waals surface area contributed by atoms with Crippen molar-refractivity contribution in [3.8, 4) is 0 Å². The predicted molar refractivity (Wildman–Crippen MR) is 106 cm³/mol. The summed E-state index contributed by atoms with van der Waals surface area (Å²) in [5.41, 5.74) is 0.698. The first-order valence-electron chi connectivity index (χ1n) is 8.64. The summed E-state index contributed by atoms with van der Waals surface area (Å²) in [5, 5.41) is 0.720. The molecule has 136 valence electrons. The number of hydrogen-bond donors (Lipinski definition) is 0. The van der Waals surface area contributed by atoms with Crippen LogP contribution < -0.4 is 0 Å². The Hall–Kier alpha value is -1.98. The molecule has 1 fully saturated rings. The van der Waals surface area contributed by atoms with Gasteiger partial charge in [0.1, 0.15) is 0 Å². The summed E-state index contributed by atoms with van der Waals surface area (Å²) in [6.45, 7) is 2.34. The smallest absolute Gasteiger partial charge is 0.253 e. The maximum Gasteiger partial charge on any atom is 0.253 e. The van der Waals surface area contributed by atoms with Crippen molar-refractivity contribution in [2.24, 2.45) is 0 Å². The fourth-order valence-corrected chi connectivity index (χ4v) is 4.07. The van der Waals surface area contributed by atoms with Crippen molar-refractivity contribution < 1.29 is 9.59 Å². The van der Waals surface area contributed by atoms with E-state index in [4.69, 9.17) is 11.6 Å². The lowest BCUT2D eigenvalue weighted by molar-refractivity contribution is -0.132. The topological polar surface area (TPSA) is 40.6 Å². The molecule has 0 N–H and O–H groups in total. The highest BCUT2D eigenvalue weighted by atomic mass is 35.5. The molecule has 2 aromatic carbocycles. The van der Waals surface area contributed by atoms with Crippen LogP contribution in [-0.4, -0.2) is 53.5 Å². The number of benzene rings is 2. The number of nitrogens with zero attached hydrogens (tertiary/aromatic N) is 2. The molecule has 1 saturated heterocycles. The third-order valence-electron chi connectivity index (χ3n) is 4.35. The minimum atomic E-state index is 0.0342. The second-order valence-corrected chi connectivity index (χ2v) is 7.61. The summed E-state index contributed by atoms with van der Waals surface area (Å²) in [7, 11) is 0. The summed E-state index contributed by atoms with van der Waals surface area (Å²) in [4.78, 5) is 29.5. The minimum absolute atomic E-state index is 0.0342. The van der Waals surface area contributed by atoms with Crippen LogP contribution in [-0.2, 0) is 4.79 Å². The lowest BCUT2D eigenvalue weighted by Crippen LogP contribution is -2.50. The normalized spacial score (nSPS) is 14.3. The van der Waals surface area contributed by atoms with Crippen molar-refractivity contribution in [1.29, 1.82) is 0 Å². The maximum absolute atomic E-state index is 12.4. The van der Waals surface area contributed by atoms with Crippen LogP contribution in [0, 0.1) is 0 Å². The SMILES string of the molecule is O=C(CCSc1ccccc1Cl)N1CCN(C(=O)c2ccccc2)CC1. The van der Waals surface area contributed by atoms with Crippen LogP contribution in [0.15, 0.2) is 59.5 Å². The van der Waals surface area contributed by atoms with Gasteiger partial charge in [-0.1, -0.05) is 41.9 Å². The zero-order chi connectivity index (χ0) is 18.4. The van der Waals surface area contributed by atoms with Crippen LogP contribution >= 0.6 is 23.4 Å². The van der Waals surface area contributed by atoms with Gasteiger partial charge in [0.2, 0.25) is 5.91 Å². The Morgan fingerprint density at radius 2 is 1.50 bits per heavy atom. The number of carbonyl (C=O) groups is 2. The Morgan fingerprint density at radius 1 is 0.885 bits per heavy atom. The van der Waals surface area contributed by atoms with Crippen LogP contribution in [0.3, 0.4) is 0 Å². The van der Waals surface area contributed by atoms with Gasteiger partial charge in [0.05, 0.1) is 5.02 Å². The molecule has 0 aromatic heterocycles. The molecule has 4 nitrogen and oxygen atoms in total. The van der Waals surface area contributed by atoms with Crippen molar-refractivity contribution in [2.45, 2.75) is 11.3 Å². The first-order chi connectivity index (χ1) is 12.6. The first-order valence-corrected chi connectivity index (χ1v) is 10.0. The van der Waals surface area contributed by atoms with Gasteiger partial charge in [0.15, 0.2) is 0 Å². The predicted octanol–water partition coefficient (Wildman–Crippen LogP) is 3.81. The molecule has 0 atom stereocenters. The van der Waals surface area contributed by atoms with E-state index < -0.39 is 0 Å². The number of amides is 2. The van der Waals surface area contributed by atoms with Crippen LogP contribution in [0.4, 0.5) is 0 Å². The van der Waals surface area contributed by atoms with Gasteiger partial charge in [-0.3, -0.25) is 9.59 Å². The van der Waals surface area contributed by atoms with Crippen LogP contribution in [0.2, 0.25) is 5.02 Å². The summed E-state index contributed by atoms with van der Waals surface area (Å²) >= 11 is 7.73. The molecule has 0 spiro atoms. The van der Waals surface area contributed by atoms with Crippen LogP contribution in [0.5, 0.6) is 0 Å². The molecular formula is C20H21ClN2O2S. The van der Waals surface area contributed by atoms with Crippen molar-refractivity contribution in [3.63, 3.8) is 0 Å². The van der Waals surface area contributed by atoms with Gasteiger partial charge in [-0.05, 0) is 24.3 Å². The monoisotopic (exact) mass is 388 g/mol. The van der Waals surface area contributed by atoms with Gasteiger partial charge in [0, 0.05) is 48.8 Å². The van der Waals surface area contributed by atoms with E-state index in [1.165, 1.54) is 0 Å². The molecule has 0 saturated carbocycles. The zero-order valence-corrected chi connectivity index (χ0v) is 16.0. The highest BCUT2D eigenvalue weighted by molar-refractivity contribution is 7.99. The van der Waals surface area contributed by atoms with Crippen LogP contribution in [0.25, 0.3) is 0 Å². The number of thioether (sulfide) groups is 1. The highest BCUT2D eigenvalue weighted by Gasteiger charge is 2.24. The van der Waals surface area contributed by atoms with E-state index >= 15 is 0 Å². The Labute approximate surface area is 163 Å². The molecule has 0 radical (unpaired) electrons. The molecule has 1 aliphatic rings. The molecule has 1 aliphatic heterocycles. The quantitative estimate of drug-likeness (QED) is 0.731. The summed E-state index contributed by atoms with van der Waals surface area (Å²) in [6.07, 6.45) is 0.475. The molecule has 0 aliphatic carbocycles. The van der Waals surface area contributed by atoms with Gasteiger partial charge in [0.25, 0.3) is 5.91 Å². The number of halogens is 1. The molecule has 2 amide bonds. The van der Waals surface area contributed by atoms with Gasteiger partial charge in [-0.2, -0.15) is 0 Å². The Bertz CT molecular complexity index is 761. The number of hydrogen-bond acceptors (Lipinski definition) is 3. The summed E-state index contributed by atoms with van der Waals surface area (Å²) in [5.74, 6) is 0.870. The second-order valence-electron chi connectivity index (χ2n) is 6.07. The fraction of sp³-hybridized carbons (Fsp3) is 0.300. The lowest BCUT2D eigenvalue weighted by atomic mass is 10.2. The first kappa shape index (κ1) is 18.8. The highest BCUT2D eigenvalue weighted by Crippen LogP contribution is 2.27. The van der Waals surface area contributed by atoms with Crippen molar-refractivity contribution in [1.82, 2.24) is 9.80 Å². The van der Waals surface area contributed by atoms with Gasteiger partial charge in [-0.15, -0.1) is 11.8 Å². The minimum Gasteiger partial charge on any atom is -0.339 e. The third kappa shape index (κ3) is 4.80. The van der Waals surface area contributed by atoms with E-state index in [9.17, 15) is 9.59 Å². The van der Waals surface area contributed by atoms with Crippen molar-refractivity contribution >= 4 is 35.2 Å². The molecule has 26 heavy (non-hydrogen) atoms. The average molecular weight is 389 g/mol. The molecule has 6 heteroatoms. The summed E-state index contributed by atoms with van der Waals surface area (Å²) in [6, 6.07) is 16.9. The molecule has 0 bridgehead atoms. The van der Waals surface area contributed by atoms with Crippen molar-refractivity contribution in [3.05, 3.63) is 65.2 Å². The Balaban J connectivity index is 1.43. The standard InChI is InChI=1S/C20H21ClN2O2S/c21-17-8-4-5-9-18(17)26-15-10-19(24)22-11-13-23(14-12-22)20(25)16-6-2-1-3-7-16/h1-9H,10-15H2. The molecule has 3 rings (SSSR count). The number of piperazine rings is 1. The van der Waals surface area contributed by atoms with E-state index in [0.717, 1.165) is 9.92 Å². The molecule has 0 unspecified atom stereocenters. The summed E-state index contributed by atoms with van der Waals surface area (Å²) < 4.78 is 0. The van der Waals surface area contributed by atoms with E-state index in [-0.39, 0.29) is 11.8 Å². The Morgan fingerprint density at radius 3 is 2.19 bits per heavy atom. The van der Waals surface area contributed by atoms with Crippen LogP contribution in [0.1, 0.15) is 16.8 Å². The average Bonchev–Trinajstić information content (AvgIpc) is 2.69. The van der Waals surface area contributed by atoms with E-state index in [1.807, 2.05) is 64.4 Å². The molecule has 1 heterocycles. The van der Waals surface area contributed by atoms with E-state index in [0.29, 0.717) is 43.9 Å². The Kier molecular flexibility index (Phi) is 6.58.